The highest BCUT2D eigenvalue weighted by Crippen LogP contribution is 2.34. The first kappa shape index (κ1) is 10.1. The predicted octanol–water partition coefficient (Wildman–Crippen LogP) is -0.0700. The van der Waals surface area contributed by atoms with Crippen molar-refractivity contribution in [2.45, 2.75) is 32.4 Å². The van der Waals surface area contributed by atoms with Gasteiger partial charge in [0, 0.05) is 13.1 Å². The zero-order chi connectivity index (χ0) is 10.8. The van der Waals surface area contributed by atoms with Crippen LogP contribution < -0.4 is 0 Å². The predicted molar refractivity (Wildman–Crippen MR) is 52.8 cm³/mol. The molecule has 0 N–H and O–H groups in total. The van der Waals surface area contributed by atoms with Gasteiger partial charge in [-0.25, -0.2) is 4.68 Å². The Morgan fingerprint density at radius 1 is 1.67 bits per heavy atom. The Hall–Kier alpha value is -1.46. The largest absolute Gasteiger partial charge is 0.341 e. The molecule has 1 heterocycles. The molecule has 6 nitrogen and oxygen atoms in total. The summed E-state index contributed by atoms with van der Waals surface area (Å²) < 4.78 is 1.44. The third kappa shape index (κ3) is 2.31. The second-order valence-electron chi connectivity index (χ2n) is 4.09. The van der Waals surface area contributed by atoms with Crippen LogP contribution in [0.3, 0.4) is 0 Å². The summed E-state index contributed by atoms with van der Waals surface area (Å²) in [4.78, 5) is 13.6. The van der Waals surface area contributed by atoms with Crippen LogP contribution in [0.5, 0.6) is 0 Å². The molecular formula is C9H15N5O. The number of carbonyl (C=O) groups excluding carboxylic acids is 1. The molecule has 0 aromatic carbocycles. The summed E-state index contributed by atoms with van der Waals surface area (Å²) in [6.45, 7) is 2.32. The van der Waals surface area contributed by atoms with Crippen molar-refractivity contribution in [2.75, 3.05) is 7.05 Å². The third-order valence-electron chi connectivity index (χ3n) is 3.00. The molecule has 1 saturated carbocycles. The Bertz CT molecular complexity index is 332. The maximum Gasteiger partial charge on any atom is 0.244 e. The van der Waals surface area contributed by atoms with E-state index >= 15 is 0 Å². The maximum absolute atomic E-state index is 11.8. The summed E-state index contributed by atoms with van der Waals surface area (Å²) in [5, 5.41) is 10.6. The quantitative estimate of drug-likeness (QED) is 0.696. The second kappa shape index (κ2) is 3.96. The van der Waals surface area contributed by atoms with Crippen molar-refractivity contribution in [3.05, 3.63) is 6.33 Å². The highest BCUT2D eigenvalue weighted by atomic mass is 16.2. The zero-order valence-electron chi connectivity index (χ0n) is 9.00. The average molecular weight is 209 g/mol. The van der Waals surface area contributed by atoms with Crippen molar-refractivity contribution in [1.29, 1.82) is 0 Å². The molecule has 1 aliphatic rings. The summed E-state index contributed by atoms with van der Waals surface area (Å²) in [6.07, 6.45) is 3.93. The molecule has 6 heteroatoms. The van der Waals surface area contributed by atoms with Gasteiger partial charge >= 0.3 is 0 Å². The van der Waals surface area contributed by atoms with Crippen molar-refractivity contribution in [1.82, 2.24) is 25.1 Å². The van der Waals surface area contributed by atoms with Crippen LogP contribution in [-0.2, 0) is 11.3 Å². The Kier molecular flexibility index (Phi) is 2.66. The van der Waals surface area contributed by atoms with E-state index in [2.05, 4.69) is 22.4 Å². The lowest BCUT2D eigenvalue weighted by atomic mass is 10.2. The minimum atomic E-state index is 0.0571. The fraction of sp³-hybridized carbons (Fsp3) is 0.778. The molecule has 0 spiro atoms. The molecule has 0 saturated heterocycles. The molecule has 1 aromatic heterocycles. The van der Waals surface area contributed by atoms with E-state index in [0.717, 1.165) is 0 Å². The first-order valence-electron chi connectivity index (χ1n) is 5.15. The van der Waals surface area contributed by atoms with Gasteiger partial charge in [0.05, 0.1) is 0 Å². The molecular weight excluding hydrogens is 194 g/mol. The van der Waals surface area contributed by atoms with Crippen LogP contribution in [0.1, 0.15) is 19.8 Å². The SMILES string of the molecule is C[C@H](C1CC1)N(C)C(=O)Cn1cnnn1. The Morgan fingerprint density at radius 2 is 2.40 bits per heavy atom. The fourth-order valence-corrected chi connectivity index (χ4v) is 1.62. The number of likely N-dealkylation sites (N-methyl/N-ethyl adjacent to an activating group) is 1. The van der Waals surface area contributed by atoms with E-state index < -0.39 is 0 Å². The van der Waals surface area contributed by atoms with E-state index in [1.165, 1.54) is 23.9 Å². The zero-order valence-corrected chi connectivity index (χ0v) is 9.00. The smallest absolute Gasteiger partial charge is 0.244 e. The van der Waals surface area contributed by atoms with Crippen LogP contribution in [0, 0.1) is 5.92 Å². The lowest BCUT2D eigenvalue weighted by molar-refractivity contribution is -0.132. The van der Waals surface area contributed by atoms with Gasteiger partial charge in [0.1, 0.15) is 12.9 Å². The minimum Gasteiger partial charge on any atom is -0.341 e. The summed E-state index contributed by atoms with van der Waals surface area (Å²) in [5.41, 5.74) is 0. The van der Waals surface area contributed by atoms with Crippen molar-refractivity contribution < 1.29 is 4.79 Å². The van der Waals surface area contributed by atoms with Gasteiger partial charge in [0.25, 0.3) is 0 Å². The molecule has 82 valence electrons. The molecule has 0 bridgehead atoms. The van der Waals surface area contributed by atoms with Crippen LogP contribution in [0.2, 0.25) is 0 Å². The van der Waals surface area contributed by atoms with Gasteiger partial charge in [0.2, 0.25) is 5.91 Å². The van der Waals surface area contributed by atoms with Gasteiger partial charge in [-0.05, 0) is 36.1 Å². The summed E-state index contributed by atoms with van der Waals surface area (Å²) in [6, 6.07) is 0.328. The van der Waals surface area contributed by atoms with E-state index in [-0.39, 0.29) is 12.5 Å². The number of carbonyl (C=O) groups is 1. The number of rotatable bonds is 4. The van der Waals surface area contributed by atoms with E-state index in [9.17, 15) is 4.79 Å². The number of hydrogen-bond acceptors (Lipinski definition) is 4. The second-order valence-corrected chi connectivity index (χ2v) is 4.09. The lowest BCUT2D eigenvalue weighted by Gasteiger charge is -2.24. The van der Waals surface area contributed by atoms with E-state index in [1.807, 2.05) is 7.05 Å². The first-order chi connectivity index (χ1) is 7.18. The maximum atomic E-state index is 11.8. The normalized spacial score (nSPS) is 17.5. The Labute approximate surface area is 88.2 Å². The fourth-order valence-electron chi connectivity index (χ4n) is 1.62. The van der Waals surface area contributed by atoms with Crippen LogP contribution in [0.25, 0.3) is 0 Å². The van der Waals surface area contributed by atoms with Crippen molar-refractivity contribution in [3.8, 4) is 0 Å². The molecule has 0 unspecified atom stereocenters. The lowest BCUT2D eigenvalue weighted by Crippen LogP contribution is -2.38. The monoisotopic (exact) mass is 209 g/mol. The topological polar surface area (TPSA) is 63.9 Å². The highest BCUT2D eigenvalue weighted by Gasteiger charge is 2.32. The van der Waals surface area contributed by atoms with Gasteiger partial charge in [-0.2, -0.15) is 0 Å². The van der Waals surface area contributed by atoms with Crippen molar-refractivity contribution in [3.63, 3.8) is 0 Å². The summed E-state index contributed by atoms with van der Waals surface area (Å²) >= 11 is 0. The molecule has 1 amide bonds. The number of tetrazole rings is 1. The molecule has 2 rings (SSSR count). The molecule has 1 fully saturated rings. The third-order valence-corrected chi connectivity index (χ3v) is 3.00. The molecule has 1 atom stereocenters. The Balaban J connectivity index is 1.89. The minimum absolute atomic E-state index is 0.0571. The first-order valence-corrected chi connectivity index (χ1v) is 5.15. The van der Waals surface area contributed by atoms with Gasteiger partial charge in [-0.3, -0.25) is 4.79 Å². The standard InChI is InChI=1S/C9H15N5O/c1-7(8-3-4-8)13(2)9(15)5-14-6-10-11-12-14/h6-8H,3-5H2,1-2H3/t7-/m1/s1. The molecule has 1 aromatic rings. The van der Waals surface area contributed by atoms with Crippen LogP contribution in [0.15, 0.2) is 6.33 Å². The number of aromatic nitrogens is 4. The van der Waals surface area contributed by atoms with E-state index in [4.69, 9.17) is 0 Å². The van der Waals surface area contributed by atoms with Crippen molar-refractivity contribution in [2.24, 2.45) is 5.92 Å². The van der Waals surface area contributed by atoms with E-state index in [0.29, 0.717) is 12.0 Å². The van der Waals surface area contributed by atoms with Gasteiger partial charge < -0.3 is 4.90 Å². The van der Waals surface area contributed by atoms with Crippen LogP contribution >= 0.6 is 0 Å². The molecule has 0 aliphatic heterocycles. The molecule has 0 radical (unpaired) electrons. The van der Waals surface area contributed by atoms with Gasteiger partial charge in [-0.15, -0.1) is 5.10 Å². The molecule has 1 aliphatic carbocycles. The summed E-state index contributed by atoms with van der Waals surface area (Å²) in [5.74, 6) is 0.745. The summed E-state index contributed by atoms with van der Waals surface area (Å²) in [7, 11) is 1.84. The highest BCUT2D eigenvalue weighted by molar-refractivity contribution is 5.75. The van der Waals surface area contributed by atoms with E-state index in [1.54, 1.807) is 4.90 Å². The Morgan fingerprint density at radius 3 is 2.93 bits per heavy atom. The number of hydrogen-bond donors (Lipinski definition) is 0. The van der Waals surface area contributed by atoms with Gasteiger partial charge in [0.15, 0.2) is 0 Å². The molecule has 15 heavy (non-hydrogen) atoms. The number of amides is 1. The van der Waals surface area contributed by atoms with Crippen LogP contribution in [0.4, 0.5) is 0 Å². The van der Waals surface area contributed by atoms with Crippen LogP contribution in [-0.4, -0.2) is 44.1 Å². The van der Waals surface area contributed by atoms with Crippen molar-refractivity contribution >= 4 is 5.91 Å². The average Bonchev–Trinajstić information content (AvgIpc) is 2.96. The van der Waals surface area contributed by atoms with Gasteiger partial charge in [-0.1, -0.05) is 0 Å². The number of nitrogens with zero attached hydrogens (tertiary/aromatic N) is 5.